The van der Waals surface area contributed by atoms with Crippen LogP contribution < -0.4 is 10.9 Å². The van der Waals surface area contributed by atoms with Crippen molar-refractivity contribution in [1.82, 2.24) is 9.55 Å². The number of aromatic nitrogens is 2. The molecule has 0 radical (unpaired) electrons. The number of thioether (sulfide) groups is 1. The fourth-order valence-corrected chi connectivity index (χ4v) is 4.57. The molecule has 7 heteroatoms. The van der Waals surface area contributed by atoms with Crippen molar-refractivity contribution in [1.29, 1.82) is 0 Å². The van der Waals surface area contributed by atoms with Crippen LogP contribution in [-0.4, -0.2) is 21.2 Å². The first kappa shape index (κ1) is 13.5. The summed E-state index contributed by atoms with van der Waals surface area (Å²) in [6, 6.07) is 9.80. The molecule has 0 bridgehead atoms. The van der Waals surface area contributed by atoms with Crippen molar-refractivity contribution in [3.05, 3.63) is 52.6 Å². The lowest BCUT2D eigenvalue weighted by Gasteiger charge is -2.11. The first-order valence-corrected chi connectivity index (χ1v) is 8.51. The molecule has 0 aliphatic carbocycles. The molecule has 1 amide bonds. The van der Waals surface area contributed by atoms with E-state index in [2.05, 4.69) is 10.3 Å². The number of fused-ring (bicyclic) bond motifs is 3. The number of hydrogen-bond donors (Lipinski definition) is 1. The molecule has 5 nitrogen and oxygen atoms in total. The van der Waals surface area contributed by atoms with E-state index in [9.17, 15) is 9.59 Å². The molecule has 0 spiro atoms. The van der Waals surface area contributed by atoms with E-state index in [0.717, 1.165) is 9.77 Å². The predicted molar refractivity (Wildman–Crippen MR) is 88.8 cm³/mol. The molecule has 0 saturated carbocycles. The van der Waals surface area contributed by atoms with Gasteiger partial charge in [-0.2, -0.15) is 0 Å². The molecule has 1 aliphatic rings. The van der Waals surface area contributed by atoms with E-state index in [-0.39, 0.29) is 11.5 Å². The summed E-state index contributed by atoms with van der Waals surface area (Å²) in [6.45, 7) is 0.491. The third kappa shape index (κ3) is 2.22. The lowest BCUT2D eigenvalue weighted by Crippen LogP contribution is -2.21. The van der Waals surface area contributed by atoms with Gasteiger partial charge in [-0.05, 0) is 5.56 Å². The van der Waals surface area contributed by atoms with Gasteiger partial charge in [0.2, 0.25) is 5.91 Å². The number of carbonyl (C=O) groups excluding carboxylic acids is 1. The van der Waals surface area contributed by atoms with Crippen molar-refractivity contribution in [2.24, 2.45) is 0 Å². The molecule has 1 N–H and O–H groups in total. The van der Waals surface area contributed by atoms with Crippen LogP contribution in [-0.2, 0) is 11.3 Å². The zero-order valence-electron chi connectivity index (χ0n) is 11.4. The summed E-state index contributed by atoms with van der Waals surface area (Å²) in [5, 5.41) is 2.82. The van der Waals surface area contributed by atoms with Gasteiger partial charge in [-0.1, -0.05) is 30.3 Å². The minimum absolute atomic E-state index is 0.0486. The van der Waals surface area contributed by atoms with Crippen molar-refractivity contribution < 1.29 is 4.79 Å². The zero-order valence-corrected chi connectivity index (χ0v) is 13.0. The average Bonchev–Trinajstić information content (AvgIpc) is 2.90. The van der Waals surface area contributed by atoms with Crippen LogP contribution in [0.1, 0.15) is 5.56 Å². The van der Waals surface area contributed by atoms with E-state index in [1.54, 1.807) is 10.9 Å². The molecule has 0 unspecified atom stereocenters. The van der Waals surface area contributed by atoms with Gasteiger partial charge >= 0.3 is 0 Å². The summed E-state index contributed by atoms with van der Waals surface area (Å²) in [5.41, 5.74) is 2.26. The number of hydrogen-bond acceptors (Lipinski definition) is 5. The first-order chi connectivity index (χ1) is 10.7. The van der Waals surface area contributed by atoms with E-state index >= 15 is 0 Å². The Labute approximate surface area is 134 Å². The molecule has 0 atom stereocenters. The van der Waals surface area contributed by atoms with Crippen molar-refractivity contribution >= 4 is 44.9 Å². The highest BCUT2D eigenvalue weighted by atomic mass is 32.2. The lowest BCUT2D eigenvalue weighted by atomic mass is 10.2. The van der Waals surface area contributed by atoms with Crippen molar-refractivity contribution in [2.45, 2.75) is 10.8 Å². The molecule has 2 aromatic heterocycles. The Kier molecular flexibility index (Phi) is 3.24. The Balaban J connectivity index is 1.82. The quantitative estimate of drug-likeness (QED) is 0.785. The maximum absolute atomic E-state index is 12.6. The largest absolute Gasteiger partial charge is 0.322 e. The van der Waals surface area contributed by atoms with Crippen LogP contribution in [0.4, 0.5) is 5.69 Å². The monoisotopic (exact) mass is 329 g/mol. The molecule has 110 valence electrons. The predicted octanol–water partition coefficient (Wildman–Crippen LogP) is 2.55. The van der Waals surface area contributed by atoms with Crippen LogP contribution >= 0.6 is 23.1 Å². The summed E-state index contributed by atoms with van der Waals surface area (Å²) in [5.74, 6) is 0.338. The van der Waals surface area contributed by atoms with Gasteiger partial charge in [-0.3, -0.25) is 14.2 Å². The highest BCUT2D eigenvalue weighted by Gasteiger charge is 2.23. The number of nitrogens with one attached hydrogen (secondary N) is 1. The lowest BCUT2D eigenvalue weighted by molar-refractivity contribution is -0.113. The SMILES string of the molecule is O=C1CSc2sc3c(=O)n(Cc4ccccc4)cnc3c2N1. The van der Waals surface area contributed by atoms with Crippen LogP contribution in [0.5, 0.6) is 0 Å². The second-order valence-corrected chi connectivity index (χ2v) is 7.21. The van der Waals surface area contributed by atoms with E-state index in [1.807, 2.05) is 30.3 Å². The summed E-state index contributed by atoms with van der Waals surface area (Å²) in [4.78, 5) is 28.6. The number of nitrogens with zero attached hydrogens (tertiary/aromatic N) is 2. The number of amides is 1. The molecule has 0 fully saturated rings. The number of thiophene rings is 1. The average molecular weight is 329 g/mol. The number of benzene rings is 1. The summed E-state index contributed by atoms with van der Waals surface area (Å²) in [7, 11) is 0. The van der Waals surface area contributed by atoms with E-state index in [1.165, 1.54) is 23.1 Å². The minimum Gasteiger partial charge on any atom is -0.322 e. The first-order valence-electron chi connectivity index (χ1n) is 6.71. The number of rotatable bonds is 2. The van der Waals surface area contributed by atoms with Gasteiger partial charge < -0.3 is 5.32 Å². The van der Waals surface area contributed by atoms with Crippen LogP contribution in [0.15, 0.2) is 45.7 Å². The van der Waals surface area contributed by atoms with Gasteiger partial charge in [0, 0.05) is 0 Å². The van der Waals surface area contributed by atoms with E-state index < -0.39 is 0 Å². The summed E-state index contributed by atoms with van der Waals surface area (Å²) >= 11 is 2.86. The molecule has 3 heterocycles. The fourth-order valence-electron chi connectivity index (χ4n) is 2.39. The molecule has 3 aromatic rings. The molecule has 0 saturated heterocycles. The highest BCUT2D eigenvalue weighted by Crippen LogP contribution is 2.42. The molecular weight excluding hydrogens is 318 g/mol. The van der Waals surface area contributed by atoms with Crippen LogP contribution in [0.25, 0.3) is 10.2 Å². The van der Waals surface area contributed by atoms with Gasteiger partial charge in [-0.25, -0.2) is 4.98 Å². The molecule has 4 rings (SSSR count). The fraction of sp³-hybridized carbons (Fsp3) is 0.133. The normalized spacial score (nSPS) is 13.9. The Morgan fingerprint density at radius 2 is 2.05 bits per heavy atom. The molecule has 1 aliphatic heterocycles. The smallest absolute Gasteiger partial charge is 0.271 e. The zero-order chi connectivity index (χ0) is 15.1. The number of anilines is 1. The maximum Gasteiger partial charge on any atom is 0.271 e. The number of carbonyl (C=O) groups is 1. The Hall–Kier alpha value is -2.12. The van der Waals surface area contributed by atoms with Crippen molar-refractivity contribution in [3.8, 4) is 0 Å². The Morgan fingerprint density at radius 3 is 2.86 bits per heavy atom. The van der Waals surface area contributed by atoms with Gasteiger partial charge in [-0.15, -0.1) is 23.1 Å². The highest BCUT2D eigenvalue weighted by molar-refractivity contribution is 8.02. The van der Waals surface area contributed by atoms with E-state index in [4.69, 9.17) is 0 Å². The Morgan fingerprint density at radius 1 is 1.23 bits per heavy atom. The van der Waals surface area contributed by atoms with Crippen LogP contribution in [0.3, 0.4) is 0 Å². The summed E-state index contributed by atoms with van der Waals surface area (Å²) < 4.78 is 3.15. The van der Waals surface area contributed by atoms with Crippen molar-refractivity contribution in [2.75, 3.05) is 11.1 Å². The standard InChI is InChI=1S/C15H11N3O2S2/c19-10-7-21-15-12(17-10)11-13(22-15)14(20)18(8-16-11)6-9-4-2-1-3-5-9/h1-5,8H,6-7H2,(H,17,19). The third-order valence-corrected chi connectivity index (χ3v) is 5.86. The van der Waals surface area contributed by atoms with Gasteiger partial charge in [0.15, 0.2) is 0 Å². The van der Waals surface area contributed by atoms with Gasteiger partial charge in [0.1, 0.15) is 10.2 Å². The maximum atomic E-state index is 12.6. The molecular formula is C15H11N3O2S2. The summed E-state index contributed by atoms with van der Waals surface area (Å²) in [6.07, 6.45) is 1.55. The molecule has 1 aromatic carbocycles. The topological polar surface area (TPSA) is 64.0 Å². The van der Waals surface area contributed by atoms with Crippen LogP contribution in [0, 0.1) is 0 Å². The Bertz CT molecular complexity index is 931. The second kappa shape index (κ2) is 5.26. The molecule has 22 heavy (non-hydrogen) atoms. The van der Waals surface area contributed by atoms with Crippen LogP contribution in [0.2, 0.25) is 0 Å². The second-order valence-electron chi connectivity index (χ2n) is 4.94. The van der Waals surface area contributed by atoms with Crippen molar-refractivity contribution in [3.63, 3.8) is 0 Å². The van der Waals surface area contributed by atoms with E-state index in [0.29, 0.717) is 28.2 Å². The van der Waals surface area contributed by atoms with Gasteiger partial charge in [0.25, 0.3) is 5.56 Å². The third-order valence-electron chi connectivity index (χ3n) is 3.43. The minimum atomic E-state index is -0.0666. The van der Waals surface area contributed by atoms with Gasteiger partial charge in [0.05, 0.1) is 28.5 Å².